The monoisotopic (exact) mass is 471 g/mol. The van der Waals surface area contributed by atoms with Crippen LogP contribution in [0.2, 0.25) is 5.02 Å². The molecule has 166 valence electrons. The van der Waals surface area contributed by atoms with Crippen LogP contribution in [0, 0.1) is 0 Å². The van der Waals surface area contributed by atoms with Crippen LogP contribution in [0.3, 0.4) is 0 Å². The lowest BCUT2D eigenvalue weighted by atomic mass is 10.1. The van der Waals surface area contributed by atoms with Crippen LogP contribution in [0.4, 0.5) is 11.4 Å². The Hall–Kier alpha value is -3.43. The van der Waals surface area contributed by atoms with Gasteiger partial charge in [0.25, 0.3) is 11.8 Å². The molecule has 8 nitrogen and oxygen atoms in total. The zero-order valence-electron chi connectivity index (χ0n) is 17.2. The summed E-state index contributed by atoms with van der Waals surface area (Å²) >= 11 is 6.77. The maximum Gasteiger partial charge on any atom is 0.272 e. The highest BCUT2D eigenvalue weighted by atomic mass is 35.5. The van der Waals surface area contributed by atoms with Crippen LogP contribution in [0.25, 0.3) is 0 Å². The van der Waals surface area contributed by atoms with Crippen LogP contribution in [-0.2, 0) is 11.3 Å². The highest BCUT2D eigenvalue weighted by molar-refractivity contribution is 7.09. The van der Waals surface area contributed by atoms with Crippen molar-refractivity contribution in [2.75, 3.05) is 10.6 Å². The Labute approximate surface area is 194 Å². The van der Waals surface area contributed by atoms with E-state index < -0.39 is 17.9 Å². The van der Waals surface area contributed by atoms with E-state index >= 15 is 0 Å². The lowest BCUT2D eigenvalue weighted by Gasteiger charge is -2.30. The van der Waals surface area contributed by atoms with Gasteiger partial charge in [-0.15, -0.1) is 0 Å². The Morgan fingerprint density at radius 1 is 1.12 bits per heavy atom. The van der Waals surface area contributed by atoms with Gasteiger partial charge in [-0.1, -0.05) is 48.9 Å². The predicted octanol–water partition coefficient (Wildman–Crippen LogP) is 3.22. The van der Waals surface area contributed by atoms with Gasteiger partial charge in [0.15, 0.2) is 5.69 Å². The average Bonchev–Trinajstić information content (AvgIpc) is 3.18. The zero-order valence-corrected chi connectivity index (χ0v) is 18.8. The number of primary amides is 1. The number of halogens is 1. The van der Waals surface area contributed by atoms with E-state index in [0.29, 0.717) is 23.7 Å². The van der Waals surface area contributed by atoms with Crippen molar-refractivity contribution in [3.8, 4) is 0 Å². The number of nitrogen functional groups attached to an aromatic ring is 1. The second-order valence-corrected chi connectivity index (χ2v) is 8.13. The molecule has 0 saturated heterocycles. The van der Waals surface area contributed by atoms with E-state index in [4.69, 9.17) is 23.1 Å². The fourth-order valence-electron chi connectivity index (χ4n) is 3.17. The molecule has 1 unspecified atom stereocenters. The Balaban J connectivity index is 1.95. The van der Waals surface area contributed by atoms with Crippen LogP contribution < -0.4 is 21.7 Å². The summed E-state index contributed by atoms with van der Waals surface area (Å²) in [5.41, 5.74) is 12.4. The molecule has 0 aliphatic rings. The number of rotatable bonds is 8. The van der Waals surface area contributed by atoms with Crippen molar-refractivity contribution in [2.45, 2.75) is 25.9 Å². The van der Waals surface area contributed by atoms with Gasteiger partial charge in [-0.2, -0.15) is 4.37 Å². The summed E-state index contributed by atoms with van der Waals surface area (Å²) in [7, 11) is 0. The number of hydrogen-bond acceptors (Lipinski definition) is 6. The summed E-state index contributed by atoms with van der Waals surface area (Å²) in [6.07, 6.45) is 0.330. The Bertz CT molecular complexity index is 1120. The molecular weight excluding hydrogens is 450 g/mol. The summed E-state index contributed by atoms with van der Waals surface area (Å²) in [4.78, 5) is 39.5. The maximum atomic E-state index is 13.5. The molecule has 1 atom stereocenters. The third kappa shape index (κ3) is 5.06. The number of nitrogens with zero attached hydrogens (tertiary/aromatic N) is 2. The molecule has 1 heterocycles. The Morgan fingerprint density at radius 2 is 1.78 bits per heavy atom. The molecular formula is C22H22ClN5O3S. The smallest absolute Gasteiger partial charge is 0.272 e. The van der Waals surface area contributed by atoms with Crippen molar-refractivity contribution in [1.82, 2.24) is 9.69 Å². The molecule has 3 rings (SSSR count). The van der Waals surface area contributed by atoms with Crippen molar-refractivity contribution >= 4 is 52.2 Å². The highest BCUT2D eigenvalue weighted by Gasteiger charge is 2.33. The van der Waals surface area contributed by atoms with E-state index in [0.717, 1.165) is 17.1 Å². The van der Waals surface area contributed by atoms with Gasteiger partial charge < -0.3 is 16.8 Å². The number of carbonyl (C=O) groups excluding carboxylic acids is 3. The minimum atomic E-state index is -0.842. The number of carbonyl (C=O) groups is 3. The normalized spacial score (nSPS) is 11.6. The van der Waals surface area contributed by atoms with Crippen molar-refractivity contribution in [1.29, 1.82) is 0 Å². The summed E-state index contributed by atoms with van der Waals surface area (Å²) in [5, 5.41) is 3.36. The Kier molecular flexibility index (Phi) is 7.45. The van der Waals surface area contributed by atoms with Crippen LogP contribution in [0.1, 0.15) is 39.1 Å². The molecule has 1 aromatic heterocycles. The van der Waals surface area contributed by atoms with E-state index in [2.05, 4.69) is 9.69 Å². The molecule has 3 aromatic rings. The fourth-order valence-corrected chi connectivity index (χ4v) is 4.04. The van der Waals surface area contributed by atoms with E-state index in [9.17, 15) is 14.4 Å². The number of hydrogen-bond donors (Lipinski definition) is 3. The standard InChI is InChI=1S/C22H22ClN5O3S/c1-2-16(21(30)26-12-13-6-4-3-5-7-13)28(15-10-8-14(23)9-11-15)22(31)19-17(24)18(20(25)29)27-32-19/h3-11,16H,2,12,24H2,1H3,(H2,25,29)(H,26,30). The molecule has 0 radical (unpaired) electrons. The Morgan fingerprint density at radius 3 is 2.34 bits per heavy atom. The second-order valence-electron chi connectivity index (χ2n) is 6.92. The van der Waals surface area contributed by atoms with Crippen LogP contribution >= 0.6 is 23.1 Å². The number of anilines is 2. The van der Waals surface area contributed by atoms with Crippen molar-refractivity contribution in [2.24, 2.45) is 5.73 Å². The molecule has 0 fully saturated rings. The van der Waals surface area contributed by atoms with E-state index in [1.807, 2.05) is 30.3 Å². The minimum Gasteiger partial charge on any atom is -0.395 e. The predicted molar refractivity (Wildman–Crippen MR) is 126 cm³/mol. The molecule has 0 spiro atoms. The molecule has 0 bridgehead atoms. The largest absolute Gasteiger partial charge is 0.395 e. The molecule has 10 heteroatoms. The van der Waals surface area contributed by atoms with Gasteiger partial charge >= 0.3 is 0 Å². The second kappa shape index (κ2) is 10.3. The summed E-state index contributed by atoms with van der Waals surface area (Å²) in [6.45, 7) is 2.11. The summed E-state index contributed by atoms with van der Waals surface area (Å²) in [5.74, 6) is -1.72. The fraction of sp³-hybridized carbons (Fsp3) is 0.182. The van der Waals surface area contributed by atoms with Gasteiger partial charge in [-0.05, 0) is 47.8 Å². The lowest BCUT2D eigenvalue weighted by Crippen LogP contribution is -2.49. The van der Waals surface area contributed by atoms with Crippen LogP contribution in [-0.4, -0.2) is 28.1 Å². The molecule has 0 aliphatic heterocycles. The summed E-state index contributed by atoms with van der Waals surface area (Å²) in [6, 6.07) is 15.1. The maximum absolute atomic E-state index is 13.5. The third-order valence-corrected chi connectivity index (χ3v) is 5.89. The highest BCUT2D eigenvalue weighted by Crippen LogP contribution is 2.29. The molecule has 5 N–H and O–H groups in total. The van der Waals surface area contributed by atoms with Crippen molar-refractivity contribution in [3.63, 3.8) is 0 Å². The number of aromatic nitrogens is 1. The van der Waals surface area contributed by atoms with Gasteiger partial charge in [0.1, 0.15) is 10.9 Å². The first-order valence-corrected chi connectivity index (χ1v) is 10.9. The summed E-state index contributed by atoms with van der Waals surface area (Å²) < 4.78 is 3.91. The molecule has 0 aliphatic carbocycles. The van der Waals surface area contributed by atoms with Gasteiger partial charge in [0.05, 0.1) is 5.69 Å². The van der Waals surface area contributed by atoms with Crippen LogP contribution in [0.5, 0.6) is 0 Å². The molecule has 3 amide bonds. The SMILES string of the molecule is CCC(C(=O)NCc1ccccc1)N(C(=O)c1snc(C(N)=O)c1N)c1ccc(Cl)cc1. The minimum absolute atomic E-state index is 0.0306. The van der Waals surface area contributed by atoms with Crippen molar-refractivity contribution < 1.29 is 14.4 Å². The van der Waals surface area contributed by atoms with Crippen molar-refractivity contribution in [3.05, 3.63) is 75.8 Å². The quantitative estimate of drug-likeness (QED) is 0.464. The van der Waals surface area contributed by atoms with Gasteiger partial charge in [-0.3, -0.25) is 19.3 Å². The number of amides is 3. The first-order valence-electron chi connectivity index (χ1n) is 9.79. The van der Waals surface area contributed by atoms with Crippen LogP contribution in [0.15, 0.2) is 54.6 Å². The third-order valence-electron chi connectivity index (χ3n) is 4.79. The number of benzene rings is 2. The lowest BCUT2D eigenvalue weighted by molar-refractivity contribution is -0.122. The van der Waals surface area contributed by atoms with E-state index in [1.54, 1.807) is 31.2 Å². The number of nitrogens with one attached hydrogen (secondary N) is 1. The topological polar surface area (TPSA) is 131 Å². The van der Waals surface area contributed by atoms with Gasteiger partial charge in [0.2, 0.25) is 5.91 Å². The molecule has 32 heavy (non-hydrogen) atoms. The first kappa shape index (κ1) is 23.2. The molecule has 2 aromatic carbocycles. The zero-order chi connectivity index (χ0) is 23.3. The van der Waals surface area contributed by atoms with E-state index in [1.165, 1.54) is 4.90 Å². The first-order chi connectivity index (χ1) is 15.3. The molecule has 0 saturated carbocycles. The average molecular weight is 472 g/mol. The van der Waals surface area contributed by atoms with Gasteiger partial charge in [0, 0.05) is 17.3 Å². The van der Waals surface area contributed by atoms with Gasteiger partial charge in [-0.25, -0.2) is 0 Å². The van der Waals surface area contributed by atoms with E-state index in [-0.39, 0.29) is 22.2 Å². The number of nitrogens with two attached hydrogens (primary N) is 2.